The Hall–Kier alpha value is -4.75. The number of hydrogen-bond donors (Lipinski definition) is 7. The number of rotatable bonds is 12. The first-order valence-electron chi connectivity index (χ1n) is 16.8. The summed E-state index contributed by atoms with van der Waals surface area (Å²) in [7, 11) is 0. The summed E-state index contributed by atoms with van der Waals surface area (Å²) in [4.78, 5) is 65.2. The lowest BCUT2D eigenvalue weighted by molar-refractivity contribution is -0.143. The Morgan fingerprint density at radius 3 is 2.18 bits per heavy atom. The maximum absolute atomic E-state index is 13.5. The third kappa shape index (κ3) is 13.3. The first-order valence-corrected chi connectivity index (χ1v) is 16.8. The maximum Gasteiger partial charge on any atom is 0.326 e. The number of aromatic amines is 1. The number of hydrogen-bond acceptors (Lipinski definition) is 8. The van der Waals surface area contributed by atoms with E-state index in [-0.39, 0.29) is 25.1 Å². The van der Waals surface area contributed by atoms with Crippen molar-refractivity contribution < 1.29 is 39.3 Å². The van der Waals surface area contributed by atoms with E-state index in [0.717, 1.165) is 22.8 Å². The number of phenols is 1. The van der Waals surface area contributed by atoms with E-state index >= 15 is 0 Å². The number of carboxylic acids is 1. The highest BCUT2D eigenvalue weighted by molar-refractivity contribution is 5.95. The van der Waals surface area contributed by atoms with Gasteiger partial charge in [-0.1, -0.05) is 71.4 Å². The lowest BCUT2D eigenvalue weighted by atomic mass is 10.0. The average Bonchev–Trinajstić information content (AvgIpc) is 3.77. The molecule has 49 heavy (non-hydrogen) atoms. The van der Waals surface area contributed by atoms with E-state index in [4.69, 9.17) is 5.73 Å². The number of nitrogens with two attached hydrogens (primary N) is 1. The molecule has 1 aliphatic heterocycles. The number of aliphatic hydroxyl groups excluding tert-OH is 1. The van der Waals surface area contributed by atoms with Gasteiger partial charge in [0, 0.05) is 42.9 Å². The van der Waals surface area contributed by atoms with Gasteiger partial charge in [-0.2, -0.15) is 0 Å². The molecular formula is C36H53N5O8. The van der Waals surface area contributed by atoms with Gasteiger partial charge < -0.3 is 46.4 Å². The quantitative estimate of drug-likeness (QED) is 0.140. The molecule has 4 atom stereocenters. The number of carbonyl (C=O) groups is 5. The highest BCUT2D eigenvalue weighted by Gasteiger charge is 2.38. The summed E-state index contributed by atoms with van der Waals surface area (Å²) in [5, 5.41) is 34.7. The highest BCUT2D eigenvalue weighted by atomic mass is 16.4. The van der Waals surface area contributed by atoms with Crippen LogP contribution in [0.1, 0.15) is 71.4 Å². The molecule has 1 aromatic heterocycles. The summed E-state index contributed by atoms with van der Waals surface area (Å²) in [5.41, 5.74) is 7.86. The van der Waals surface area contributed by atoms with Gasteiger partial charge in [-0.15, -0.1) is 0 Å². The number of aliphatic hydroxyl groups is 1. The first-order chi connectivity index (χ1) is 23.5. The van der Waals surface area contributed by atoms with Crippen LogP contribution < -0.4 is 16.4 Å². The van der Waals surface area contributed by atoms with Crippen molar-refractivity contribution in [1.29, 1.82) is 0 Å². The van der Waals surface area contributed by atoms with Gasteiger partial charge in [0.25, 0.3) is 0 Å². The van der Waals surface area contributed by atoms with Crippen molar-refractivity contribution in [2.45, 2.75) is 97.3 Å². The number of likely N-dealkylation sites (tertiary alicyclic amines) is 1. The fourth-order valence-corrected chi connectivity index (χ4v) is 4.93. The number of nitrogens with zero attached hydrogens (tertiary/aromatic N) is 1. The molecular weight excluding hydrogens is 630 g/mol. The van der Waals surface area contributed by atoms with Crippen LogP contribution in [-0.4, -0.2) is 92.5 Å². The standard InChI is InChI=1S/C28H33N5O7.C3H6O.C3H8.C2H6/c29-20(15-34)27(38)33-11-3-6-24(33)26(37)31-22(13-17-14-30-21-5-2-1-4-19(17)21)25(36)32-23(28(39)40)12-16-7-9-18(35)10-8-16;1-2-3-4;1-3-2;1-2/h1-2,4-5,7-10,14,20,22-24,30,34-35H,3,6,11-13,15,29H2,(H,31,37)(H,32,36)(H,39,40);3H,2H2,1H3;3H2,1-2H3;1-2H3. The third-order valence-electron chi connectivity index (χ3n) is 7.24. The molecule has 1 aliphatic rings. The Kier molecular flexibility index (Phi) is 19.6. The molecule has 0 aliphatic carbocycles. The van der Waals surface area contributed by atoms with Gasteiger partial charge in [0.05, 0.1) is 6.61 Å². The highest BCUT2D eigenvalue weighted by Crippen LogP contribution is 2.21. The summed E-state index contributed by atoms with van der Waals surface area (Å²) < 4.78 is 0. The molecule has 2 aromatic carbocycles. The molecule has 3 amide bonds. The minimum atomic E-state index is -1.30. The van der Waals surface area contributed by atoms with Gasteiger partial charge in [-0.05, 0) is 42.2 Å². The van der Waals surface area contributed by atoms with Crippen molar-refractivity contribution >= 4 is 40.9 Å². The smallest absolute Gasteiger partial charge is 0.326 e. The van der Waals surface area contributed by atoms with Crippen molar-refractivity contribution in [3.63, 3.8) is 0 Å². The van der Waals surface area contributed by atoms with Crippen LogP contribution in [0.4, 0.5) is 0 Å². The number of carboxylic acid groups (broad SMARTS) is 1. The Bertz CT molecular complexity index is 1460. The van der Waals surface area contributed by atoms with E-state index in [9.17, 15) is 39.3 Å². The maximum atomic E-state index is 13.5. The zero-order chi connectivity index (χ0) is 36.9. The van der Waals surface area contributed by atoms with Gasteiger partial charge in [0.2, 0.25) is 17.7 Å². The number of nitrogens with one attached hydrogen (secondary N) is 3. The van der Waals surface area contributed by atoms with Crippen LogP contribution in [0.2, 0.25) is 0 Å². The zero-order valence-electron chi connectivity index (χ0n) is 29.1. The van der Waals surface area contributed by atoms with E-state index in [1.807, 2.05) is 45.0 Å². The van der Waals surface area contributed by atoms with Crippen LogP contribution in [0.15, 0.2) is 54.7 Å². The van der Waals surface area contributed by atoms with Crippen molar-refractivity contribution in [1.82, 2.24) is 20.5 Å². The molecule has 4 unspecified atom stereocenters. The summed E-state index contributed by atoms with van der Waals surface area (Å²) in [6.45, 7) is 9.79. The molecule has 0 bridgehead atoms. The van der Waals surface area contributed by atoms with E-state index in [2.05, 4.69) is 29.5 Å². The van der Waals surface area contributed by atoms with Crippen molar-refractivity contribution in [2.75, 3.05) is 13.2 Å². The molecule has 1 fully saturated rings. The van der Waals surface area contributed by atoms with Crippen LogP contribution in [-0.2, 0) is 36.8 Å². The topological polar surface area (TPSA) is 215 Å². The fraction of sp³-hybridized carbons (Fsp3) is 0.472. The Morgan fingerprint density at radius 2 is 1.61 bits per heavy atom. The number of aromatic hydroxyl groups is 1. The molecule has 13 heteroatoms. The monoisotopic (exact) mass is 683 g/mol. The Morgan fingerprint density at radius 1 is 1.00 bits per heavy atom. The van der Waals surface area contributed by atoms with E-state index in [1.165, 1.54) is 23.5 Å². The van der Waals surface area contributed by atoms with Crippen molar-refractivity contribution in [3.05, 3.63) is 65.9 Å². The van der Waals surface area contributed by atoms with Crippen molar-refractivity contribution in [3.8, 4) is 5.75 Å². The number of aromatic nitrogens is 1. The molecule has 1 saturated heterocycles. The fourth-order valence-electron chi connectivity index (χ4n) is 4.93. The second kappa shape index (κ2) is 22.8. The predicted molar refractivity (Wildman–Crippen MR) is 189 cm³/mol. The third-order valence-corrected chi connectivity index (χ3v) is 7.24. The first kappa shape index (κ1) is 42.3. The molecule has 0 radical (unpaired) electrons. The van der Waals surface area contributed by atoms with Gasteiger partial charge in [0.15, 0.2) is 0 Å². The summed E-state index contributed by atoms with van der Waals surface area (Å²) in [6.07, 6.45) is 5.42. The van der Waals surface area contributed by atoms with E-state index in [0.29, 0.717) is 24.8 Å². The lowest BCUT2D eigenvalue weighted by Gasteiger charge is -2.28. The van der Waals surface area contributed by atoms with Gasteiger partial charge in [-0.25, -0.2) is 4.79 Å². The molecule has 4 rings (SSSR count). The summed E-state index contributed by atoms with van der Waals surface area (Å²) in [5.74, 6) is -3.06. The van der Waals surface area contributed by atoms with E-state index in [1.54, 1.807) is 18.3 Å². The van der Waals surface area contributed by atoms with Gasteiger partial charge in [0.1, 0.15) is 36.2 Å². The van der Waals surface area contributed by atoms with Gasteiger partial charge in [-0.3, -0.25) is 14.4 Å². The number of para-hydroxylation sites is 1. The molecule has 8 N–H and O–H groups in total. The van der Waals surface area contributed by atoms with Crippen LogP contribution in [0.3, 0.4) is 0 Å². The second-order valence-corrected chi connectivity index (χ2v) is 11.2. The molecule has 0 spiro atoms. The SMILES string of the molecule is CC.CCC.CCC=O.NC(CO)C(=O)N1CCCC1C(=O)NC(Cc1c[nH]c2ccccc12)C(=O)NC(Cc1ccc(O)cc1)C(=O)O. The number of amides is 3. The van der Waals surface area contributed by atoms with E-state index < -0.39 is 54.5 Å². The Balaban J connectivity index is 0.00000120. The second-order valence-electron chi connectivity index (χ2n) is 11.2. The Labute approximate surface area is 288 Å². The number of aliphatic carboxylic acids is 1. The molecule has 3 aromatic rings. The summed E-state index contributed by atoms with van der Waals surface area (Å²) in [6, 6.07) is 8.93. The average molecular weight is 684 g/mol. The molecule has 0 saturated carbocycles. The van der Waals surface area contributed by atoms with Gasteiger partial charge >= 0.3 is 5.97 Å². The van der Waals surface area contributed by atoms with Crippen LogP contribution in [0.25, 0.3) is 10.9 Å². The number of H-pyrrole nitrogens is 1. The van der Waals surface area contributed by atoms with Crippen LogP contribution in [0.5, 0.6) is 5.75 Å². The number of benzene rings is 2. The largest absolute Gasteiger partial charge is 0.508 e. The summed E-state index contributed by atoms with van der Waals surface area (Å²) >= 11 is 0. The number of aldehydes is 1. The zero-order valence-corrected chi connectivity index (χ0v) is 29.1. The van der Waals surface area contributed by atoms with Crippen LogP contribution >= 0.6 is 0 Å². The lowest BCUT2D eigenvalue weighted by Crippen LogP contribution is -2.57. The number of carbonyl (C=O) groups excluding carboxylic acids is 4. The number of phenolic OH excluding ortho intramolecular Hbond substituents is 1. The van der Waals surface area contributed by atoms with Crippen molar-refractivity contribution in [2.24, 2.45) is 5.73 Å². The molecule has 13 nitrogen and oxygen atoms in total. The van der Waals surface area contributed by atoms with Crippen LogP contribution in [0, 0.1) is 0 Å². The predicted octanol–water partition coefficient (Wildman–Crippen LogP) is 3.06. The minimum absolute atomic E-state index is 0.0283. The molecule has 270 valence electrons. The number of fused-ring (bicyclic) bond motifs is 1. The normalized spacial score (nSPS) is 15.1. The minimum Gasteiger partial charge on any atom is -0.508 e. The molecule has 2 heterocycles.